The molecule has 0 aromatic heterocycles. The molecule has 1 aliphatic heterocycles. The Morgan fingerprint density at radius 1 is 1.27 bits per heavy atom. The first-order valence-corrected chi connectivity index (χ1v) is 8.33. The van der Waals surface area contributed by atoms with Crippen LogP contribution in [-0.2, 0) is 11.2 Å². The van der Waals surface area contributed by atoms with Gasteiger partial charge in [-0.1, -0.05) is 12.1 Å². The topological polar surface area (TPSA) is 49.8 Å². The standard InChI is InChI=1S/C18H27NO3/c1-2-22-17-7-5-15(6-8-17)3-4-16-9-12-19(13-10-16)14-11-18(20)21/h5-8,16H,2-4,9-14H2,1H3,(H,20,21). The number of piperidine rings is 1. The number of ether oxygens (including phenoxy) is 1. The monoisotopic (exact) mass is 305 g/mol. The highest BCUT2D eigenvalue weighted by Crippen LogP contribution is 2.23. The summed E-state index contributed by atoms with van der Waals surface area (Å²) in [5.41, 5.74) is 1.37. The van der Waals surface area contributed by atoms with Crippen LogP contribution in [0.3, 0.4) is 0 Å². The Morgan fingerprint density at radius 2 is 1.95 bits per heavy atom. The van der Waals surface area contributed by atoms with Crippen LogP contribution in [0.1, 0.15) is 38.2 Å². The molecule has 22 heavy (non-hydrogen) atoms. The predicted octanol–water partition coefficient (Wildman–Crippen LogP) is 3.20. The smallest absolute Gasteiger partial charge is 0.304 e. The Bertz CT molecular complexity index is 450. The maximum atomic E-state index is 10.6. The van der Waals surface area contributed by atoms with Gasteiger partial charge in [-0.15, -0.1) is 0 Å². The van der Waals surface area contributed by atoms with E-state index in [1.54, 1.807) is 0 Å². The summed E-state index contributed by atoms with van der Waals surface area (Å²) in [6.45, 7) is 5.49. The zero-order valence-electron chi connectivity index (χ0n) is 13.5. The molecule has 1 heterocycles. The van der Waals surface area contributed by atoms with Crippen LogP contribution in [-0.4, -0.2) is 42.2 Å². The molecule has 4 heteroatoms. The Morgan fingerprint density at radius 3 is 2.55 bits per heavy atom. The first kappa shape index (κ1) is 16.8. The van der Waals surface area contributed by atoms with Crippen molar-refractivity contribution in [3.63, 3.8) is 0 Å². The summed E-state index contributed by atoms with van der Waals surface area (Å²) in [5.74, 6) is 1.02. The molecule has 4 nitrogen and oxygen atoms in total. The average Bonchev–Trinajstić information content (AvgIpc) is 2.53. The molecule has 0 amide bonds. The molecule has 1 N–H and O–H groups in total. The van der Waals surface area contributed by atoms with E-state index < -0.39 is 5.97 Å². The maximum absolute atomic E-state index is 10.6. The number of carbonyl (C=O) groups is 1. The lowest BCUT2D eigenvalue weighted by atomic mass is 9.90. The first-order valence-electron chi connectivity index (χ1n) is 8.33. The lowest BCUT2D eigenvalue weighted by Gasteiger charge is -2.31. The number of rotatable bonds is 8. The third-order valence-corrected chi connectivity index (χ3v) is 4.42. The van der Waals surface area contributed by atoms with E-state index in [0.717, 1.165) is 31.2 Å². The molecule has 0 saturated carbocycles. The highest BCUT2D eigenvalue weighted by atomic mass is 16.5. The van der Waals surface area contributed by atoms with Gasteiger partial charge in [0.2, 0.25) is 0 Å². The van der Waals surface area contributed by atoms with Crippen LogP contribution in [0, 0.1) is 5.92 Å². The van der Waals surface area contributed by atoms with Gasteiger partial charge >= 0.3 is 5.97 Å². The number of aliphatic carboxylic acids is 1. The zero-order chi connectivity index (χ0) is 15.8. The SMILES string of the molecule is CCOc1ccc(CCC2CCN(CCC(=O)O)CC2)cc1. The lowest BCUT2D eigenvalue weighted by Crippen LogP contribution is -2.35. The summed E-state index contributed by atoms with van der Waals surface area (Å²) in [5, 5.41) is 8.72. The van der Waals surface area contributed by atoms with Crippen molar-refractivity contribution in [3.8, 4) is 5.75 Å². The minimum Gasteiger partial charge on any atom is -0.494 e. The molecule has 1 fully saturated rings. The molecule has 0 radical (unpaired) electrons. The fraction of sp³-hybridized carbons (Fsp3) is 0.611. The number of carboxylic acids is 1. The number of benzene rings is 1. The van der Waals surface area contributed by atoms with E-state index in [2.05, 4.69) is 17.0 Å². The second-order valence-electron chi connectivity index (χ2n) is 6.04. The van der Waals surface area contributed by atoms with Crippen molar-refractivity contribution in [2.75, 3.05) is 26.2 Å². The highest BCUT2D eigenvalue weighted by Gasteiger charge is 2.19. The van der Waals surface area contributed by atoms with Gasteiger partial charge in [0, 0.05) is 6.54 Å². The number of nitrogens with zero attached hydrogens (tertiary/aromatic N) is 1. The number of hydrogen-bond donors (Lipinski definition) is 1. The number of carboxylic acid groups (broad SMARTS) is 1. The van der Waals surface area contributed by atoms with Crippen molar-refractivity contribution in [1.82, 2.24) is 4.90 Å². The van der Waals surface area contributed by atoms with Gasteiger partial charge in [0.05, 0.1) is 13.0 Å². The second kappa shape index (κ2) is 8.79. The summed E-state index contributed by atoms with van der Waals surface area (Å²) in [6.07, 6.45) is 4.98. The van der Waals surface area contributed by atoms with Gasteiger partial charge in [0.15, 0.2) is 0 Å². The Kier molecular flexibility index (Phi) is 6.72. The number of hydrogen-bond acceptors (Lipinski definition) is 3. The lowest BCUT2D eigenvalue weighted by molar-refractivity contribution is -0.137. The predicted molar refractivity (Wildman–Crippen MR) is 87.3 cm³/mol. The van der Waals surface area contributed by atoms with Crippen LogP contribution in [0.2, 0.25) is 0 Å². The van der Waals surface area contributed by atoms with Gasteiger partial charge in [-0.05, 0) is 69.3 Å². The Hall–Kier alpha value is -1.55. The van der Waals surface area contributed by atoms with Gasteiger partial charge in [-0.25, -0.2) is 0 Å². The van der Waals surface area contributed by atoms with Crippen molar-refractivity contribution in [1.29, 1.82) is 0 Å². The number of aryl methyl sites for hydroxylation is 1. The first-order chi connectivity index (χ1) is 10.7. The minimum atomic E-state index is -0.697. The van der Waals surface area contributed by atoms with Crippen LogP contribution in [0.5, 0.6) is 5.75 Å². The van der Waals surface area contributed by atoms with E-state index in [0.29, 0.717) is 13.2 Å². The maximum Gasteiger partial charge on any atom is 0.304 e. The summed E-state index contributed by atoms with van der Waals surface area (Å²) in [4.78, 5) is 12.9. The summed E-state index contributed by atoms with van der Waals surface area (Å²) in [7, 11) is 0. The molecular weight excluding hydrogens is 278 g/mol. The van der Waals surface area contributed by atoms with Crippen molar-refractivity contribution >= 4 is 5.97 Å². The quantitative estimate of drug-likeness (QED) is 0.801. The molecule has 0 spiro atoms. The molecule has 1 aromatic carbocycles. The summed E-state index contributed by atoms with van der Waals surface area (Å²) in [6, 6.07) is 8.42. The average molecular weight is 305 g/mol. The van der Waals surface area contributed by atoms with Crippen molar-refractivity contribution in [2.45, 2.75) is 39.0 Å². The van der Waals surface area contributed by atoms with Gasteiger partial charge in [-0.3, -0.25) is 4.79 Å². The molecule has 0 aliphatic carbocycles. The third-order valence-electron chi connectivity index (χ3n) is 4.42. The molecule has 1 aromatic rings. The van der Waals surface area contributed by atoms with E-state index in [9.17, 15) is 4.79 Å². The van der Waals surface area contributed by atoms with E-state index in [1.165, 1.54) is 24.8 Å². The van der Waals surface area contributed by atoms with Crippen LogP contribution < -0.4 is 4.74 Å². The molecule has 0 unspecified atom stereocenters. The highest BCUT2D eigenvalue weighted by molar-refractivity contribution is 5.66. The summed E-state index contributed by atoms with van der Waals surface area (Å²) < 4.78 is 5.46. The van der Waals surface area contributed by atoms with Crippen molar-refractivity contribution in [2.24, 2.45) is 5.92 Å². The van der Waals surface area contributed by atoms with E-state index in [4.69, 9.17) is 9.84 Å². The molecule has 1 saturated heterocycles. The molecule has 0 atom stereocenters. The van der Waals surface area contributed by atoms with E-state index >= 15 is 0 Å². The second-order valence-corrected chi connectivity index (χ2v) is 6.04. The third kappa shape index (κ3) is 5.68. The van der Waals surface area contributed by atoms with Crippen molar-refractivity contribution < 1.29 is 14.6 Å². The molecule has 0 bridgehead atoms. The van der Waals surface area contributed by atoms with Crippen molar-refractivity contribution in [3.05, 3.63) is 29.8 Å². The van der Waals surface area contributed by atoms with Crippen LogP contribution in [0.25, 0.3) is 0 Å². The Balaban J connectivity index is 1.67. The normalized spacial score (nSPS) is 16.6. The largest absolute Gasteiger partial charge is 0.494 e. The Labute approximate surface area is 133 Å². The van der Waals surface area contributed by atoms with Crippen LogP contribution in [0.4, 0.5) is 0 Å². The van der Waals surface area contributed by atoms with Gasteiger partial charge in [0.25, 0.3) is 0 Å². The molecular formula is C18H27NO3. The molecule has 2 rings (SSSR count). The van der Waals surface area contributed by atoms with Gasteiger partial charge in [-0.2, -0.15) is 0 Å². The van der Waals surface area contributed by atoms with Gasteiger partial charge < -0.3 is 14.7 Å². The molecule has 122 valence electrons. The zero-order valence-corrected chi connectivity index (χ0v) is 13.5. The van der Waals surface area contributed by atoms with E-state index in [-0.39, 0.29) is 6.42 Å². The van der Waals surface area contributed by atoms with Crippen LogP contribution >= 0.6 is 0 Å². The van der Waals surface area contributed by atoms with Crippen LogP contribution in [0.15, 0.2) is 24.3 Å². The van der Waals surface area contributed by atoms with Gasteiger partial charge in [0.1, 0.15) is 5.75 Å². The summed E-state index contributed by atoms with van der Waals surface area (Å²) >= 11 is 0. The fourth-order valence-electron chi connectivity index (χ4n) is 3.04. The number of likely N-dealkylation sites (tertiary alicyclic amines) is 1. The minimum absolute atomic E-state index is 0.261. The fourth-order valence-corrected chi connectivity index (χ4v) is 3.04. The van der Waals surface area contributed by atoms with E-state index in [1.807, 2.05) is 19.1 Å². The molecule has 1 aliphatic rings.